The van der Waals surface area contributed by atoms with Crippen LogP contribution in [0, 0.1) is 0 Å². The van der Waals surface area contributed by atoms with Crippen molar-refractivity contribution in [2.24, 2.45) is 5.73 Å². The Morgan fingerprint density at radius 1 is 1.14 bits per heavy atom. The SMILES string of the molecule is COc1ccccc1C(=O)NCCC(N)c1ccccc1. The third-order valence-corrected chi connectivity index (χ3v) is 3.32. The lowest BCUT2D eigenvalue weighted by Gasteiger charge is -2.13. The topological polar surface area (TPSA) is 64.3 Å². The molecule has 4 heteroatoms. The van der Waals surface area contributed by atoms with Crippen molar-refractivity contribution in [3.8, 4) is 5.75 Å². The lowest BCUT2D eigenvalue weighted by Crippen LogP contribution is -2.27. The van der Waals surface area contributed by atoms with Crippen LogP contribution in [0.3, 0.4) is 0 Å². The Bertz CT molecular complexity index is 584. The predicted molar refractivity (Wildman–Crippen MR) is 83.3 cm³/mol. The van der Waals surface area contributed by atoms with Crippen molar-refractivity contribution in [2.45, 2.75) is 12.5 Å². The van der Waals surface area contributed by atoms with E-state index in [1.54, 1.807) is 19.2 Å². The van der Waals surface area contributed by atoms with E-state index in [1.165, 1.54) is 0 Å². The molecular formula is C17H20N2O2. The Balaban J connectivity index is 1.87. The fourth-order valence-electron chi connectivity index (χ4n) is 2.14. The van der Waals surface area contributed by atoms with Gasteiger partial charge in [-0.15, -0.1) is 0 Å². The highest BCUT2D eigenvalue weighted by atomic mass is 16.5. The molecule has 110 valence electrons. The maximum absolute atomic E-state index is 12.1. The molecular weight excluding hydrogens is 264 g/mol. The van der Waals surface area contributed by atoms with Crippen molar-refractivity contribution >= 4 is 5.91 Å². The molecule has 0 radical (unpaired) electrons. The number of amides is 1. The fourth-order valence-corrected chi connectivity index (χ4v) is 2.14. The zero-order chi connectivity index (χ0) is 15.1. The summed E-state index contributed by atoms with van der Waals surface area (Å²) in [5.41, 5.74) is 7.71. The first kappa shape index (κ1) is 15.1. The number of carbonyl (C=O) groups excluding carboxylic acids is 1. The van der Waals surface area contributed by atoms with E-state index in [2.05, 4.69) is 5.32 Å². The van der Waals surface area contributed by atoms with Crippen molar-refractivity contribution in [1.82, 2.24) is 5.32 Å². The Labute approximate surface area is 124 Å². The highest BCUT2D eigenvalue weighted by Crippen LogP contribution is 2.17. The van der Waals surface area contributed by atoms with Gasteiger partial charge in [0.2, 0.25) is 0 Å². The summed E-state index contributed by atoms with van der Waals surface area (Å²) >= 11 is 0. The number of hydrogen-bond acceptors (Lipinski definition) is 3. The monoisotopic (exact) mass is 284 g/mol. The lowest BCUT2D eigenvalue weighted by molar-refractivity contribution is 0.0949. The molecule has 0 aliphatic rings. The van der Waals surface area contributed by atoms with Crippen molar-refractivity contribution in [2.75, 3.05) is 13.7 Å². The molecule has 0 aromatic heterocycles. The zero-order valence-electron chi connectivity index (χ0n) is 12.1. The van der Waals surface area contributed by atoms with Gasteiger partial charge in [-0.3, -0.25) is 4.79 Å². The van der Waals surface area contributed by atoms with E-state index in [0.717, 1.165) is 5.56 Å². The Morgan fingerprint density at radius 2 is 1.81 bits per heavy atom. The molecule has 0 heterocycles. The van der Waals surface area contributed by atoms with E-state index in [9.17, 15) is 4.79 Å². The minimum atomic E-state index is -0.146. The van der Waals surface area contributed by atoms with E-state index in [1.807, 2.05) is 42.5 Å². The molecule has 1 unspecified atom stereocenters. The molecule has 2 rings (SSSR count). The maximum Gasteiger partial charge on any atom is 0.255 e. The summed E-state index contributed by atoms with van der Waals surface area (Å²) in [4.78, 5) is 12.1. The lowest BCUT2D eigenvalue weighted by atomic mass is 10.0. The fraction of sp³-hybridized carbons (Fsp3) is 0.235. The van der Waals surface area contributed by atoms with Crippen LogP contribution in [-0.4, -0.2) is 19.6 Å². The average molecular weight is 284 g/mol. The van der Waals surface area contributed by atoms with Gasteiger partial charge in [-0.05, 0) is 24.1 Å². The van der Waals surface area contributed by atoms with Crippen LogP contribution in [-0.2, 0) is 0 Å². The van der Waals surface area contributed by atoms with Crippen molar-refractivity contribution in [1.29, 1.82) is 0 Å². The summed E-state index contributed by atoms with van der Waals surface area (Å²) in [7, 11) is 1.55. The summed E-state index contributed by atoms with van der Waals surface area (Å²) in [5, 5.41) is 2.88. The van der Waals surface area contributed by atoms with Crippen molar-refractivity contribution in [3.63, 3.8) is 0 Å². The standard InChI is InChI=1S/C17H20N2O2/c1-21-16-10-6-5-9-14(16)17(20)19-12-11-15(18)13-7-3-2-4-8-13/h2-10,15H,11-12,18H2,1H3,(H,19,20). The van der Waals surface area contributed by atoms with Crippen LogP contribution in [0.15, 0.2) is 54.6 Å². The number of nitrogens with two attached hydrogens (primary N) is 1. The molecule has 0 bridgehead atoms. The van der Waals surface area contributed by atoms with Crippen molar-refractivity contribution < 1.29 is 9.53 Å². The molecule has 0 saturated heterocycles. The number of ether oxygens (including phenoxy) is 1. The molecule has 0 fully saturated rings. The van der Waals surface area contributed by atoms with Crippen LogP contribution in [0.5, 0.6) is 5.75 Å². The second-order valence-electron chi connectivity index (χ2n) is 4.76. The van der Waals surface area contributed by atoms with Gasteiger partial charge in [0, 0.05) is 12.6 Å². The number of hydrogen-bond donors (Lipinski definition) is 2. The van der Waals surface area contributed by atoms with E-state index in [0.29, 0.717) is 24.3 Å². The summed E-state index contributed by atoms with van der Waals surface area (Å²) in [5.74, 6) is 0.426. The largest absolute Gasteiger partial charge is 0.496 e. The Morgan fingerprint density at radius 3 is 2.52 bits per heavy atom. The van der Waals surface area contributed by atoms with Gasteiger partial charge in [0.15, 0.2) is 0 Å². The molecule has 3 N–H and O–H groups in total. The van der Waals surface area contributed by atoms with E-state index < -0.39 is 0 Å². The van der Waals surface area contributed by atoms with Crippen molar-refractivity contribution in [3.05, 3.63) is 65.7 Å². The number of carbonyl (C=O) groups is 1. The molecule has 0 spiro atoms. The summed E-state index contributed by atoms with van der Waals surface area (Å²) in [6, 6.07) is 16.9. The highest BCUT2D eigenvalue weighted by Gasteiger charge is 2.11. The molecule has 21 heavy (non-hydrogen) atoms. The van der Waals surface area contributed by atoms with Crippen LogP contribution < -0.4 is 15.8 Å². The summed E-state index contributed by atoms with van der Waals surface area (Å²) < 4.78 is 5.18. The van der Waals surface area contributed by atoms with Gasteiger partial charge in [-0.2, -0.15) is 0 Å². The van der Waals surface area contributed by atoms with Gasteiger partial charge in [-0.25, -0.2) is 0 Å². The minimum absolute atomic E-state index is 0.0795. The van der Waals surface area contributed by atoms with E-state index >= 15 is 0 Å². The molecule has 4 nitrogen and oxygen atoms in total. The van der Waals surface area contributed by atoms with Gasteiger partial charge < -0.3 is 15.8 Å². The van der Waals surface area contributed by atoms with Gasteiger partial charge in [0.1, 0.15) is 5.75 Å². The molecule has 0 aliphatic heterocycles. The van der Waals surface area contributed by atoms with Crippen LogP contribution in [0.4, 0.5) is 0 Å². The van der Waals surface area contributed by atoms with Crippen LogP contribution >= 0.6 is 0 Å². The second kappa shape index (κ2) is 7.45. The predicted octanol–water partition coefficient (Wildman–Crippen LogP) is 2.52. The molecule has 2 aromatic carbocycles. The molecule has 2 aromatic rings. The third-order valence-electron chi connectivity index (χ3n) is 3.32. The van der Waals surface area contributed by atoms with Gasteiger partial charge in [-0.1, -0.05) is 42.5 Å². The number of nitrogens with one attached hydrogen (secondary N) is 1. The summed E-state index contributed by atoms with van der Waals surface area (Å²) in [6.07, 6.45) is 0.685. The van der Waals surface area contributed by atoms with Gasteiger partial charge in [0.05, 0.1) is 12.7 Å². The minimum Gasteiger partial charge on any atom is -0.496 e. The second-order valence-corrected chi connectivity index (χ2v) is 4.76. The van der Waals surface area contributed by atoms with E-state index in [-0.39, 0.29) is 11.9 Å². The Hall–Kier alpha value is -2.33. The third kappa shape index (κ3) is 4.07. The van der Waals surface area contributed by atoms with Gasteiger partial charge in [0.25, 0.3) is 5.91 Å². The highest BCUT2D eigenvalue weighted by molar-refractivity contribution is 5.96. The first-order chi connectivity index (χ1) is 10.2. The molecule has 0 saturated carbocycles. The maximum atomic E-state index is 12.1. The first-order valence-electron chi connectivity index (χ1n) is 6.94. The van der Waals surface area contributed by atoms with E-state index in [4.69, 9.17) is 10.5 Å². The number of rotatable bonds is 6. The number of para-hydroxylation sites is 1. The van der Waals surface area contributed by atoms with Crippen LogP contribution in [0.1, 0.15) is 28.4 Å². The average Bonchev–Trinajstić information content (AvgIpc) is 2.55. The molecule has 0 aliphatic carbocycles. The molecule has 1 amide bonds. The normalized spacial score (nSPS) is 11.7. The van der Waals surface area contributed by atoms with Crippen LogP contribution in [0.2, 0.25) is 0 Å². The number of methoxy groups -OCH3 is 1. The summed E-state index contributed by atoms with van der Waals surface area (Å²) in [6.45, 7) is 0.521. The zero-order valence-corrected chi connectivity index (χ0v) is 12.1. The smallest absolute Gasteiger partial charge is 0.255 e. The molecule has 1 atom stereocenters. The van der Waals surface area contributed by atoms with Gasteiger partial charge >= 0.3 is 0 Å². The first-order valence-corrected chi connectivity index (χ1v) is 6.94. The Kier molecular flexibility index (Phi) is 5.35. The quantitative estimate of drug-likeness (QED) is 0.856. The number of benzene rings is 2. The van der Waals surface area contributed by atoms with Crippen LogP contribution in [0.25, 0.3) is 0 Å².